The van der Waals surface area contributed by atoms with Crippen molar-refractivity contribution in [3.05, 3.63) is 36.5 Å². The molecule has 0 aliphatic heterocycles. The highest BCUT2D eigenvalue weighted by molar-refractivity contribution is 5.71. The second-order valence-corrected chi connectivity index (χ2v) is 24.9. The number of unbranched alkanes of at least 4 members (excludes halogenated alkanes) is 51. The normalized spacial score (nSPS) is 12.2. The van der Waals surface area contributed by atoms with Gasteiger partial charge < -0.3 is 14.2 Å². The van der Waals surface area contributed by atoms with Crippen LogP contribution in [-0.4, -0.2) is 37.2 Å². The molecule has 1 unspecified atom stereocenters. The minimum atomic E-state index is -0.782. The molecule has 0 aliphatic rings. The largest absolute Gasteiger partial charge is 0.462 e. The lowest BCUT2D eigenvalue weighted by Crippen LogP contribution is -2.30. The molecule has 0 saturated carbocycles. The van der Waals surface area contributed by atoms with Crippen molar-refractivity contribution in [3.63, 3.8) is 0 Å². The molecule has 0 aromatic rings. The standard InChI is InChI=1S/C75H140O6/c1-4-7-10-13-16-19-22-25-27-29-30-31-32-33-34-35-36-37-38-39-40-41-42-43-44-45-46-48-50-53-56-59-62-65-68-74(77)80-71-72(70-79-73(76)67-64-61-58-55-52-49-24-21-18-15-12-9-6-3)81-75(78)69-66-63-60-57-54-51-47-28-26-23-20-17-14-11-8-5-2/h20-21,23-24,28,47,72H,4-19,22,25-27,29-46,48-71H2,1-3H3/b23-20-,24-21-,47-28-. The van der Waals surface area contributed by atoms with E-state index in [1.165, 1.54) is 276 Å². The van der Waals surface area contributed by atoms with Crippen molar-refractivity contribution >= 4 is 17.9 Å². The third-order valence-electron chi connectivity index (χ3n) is 16.6. The van der Waals surface area contributed by atoms with E-state index in [4.69, 9.17) is 14.2 Å². The average molecular weight is 1140 g/mol. The van der Waals surface area contributed by atoms with Gasteiger partial charge in [-0.15, -0.1) is 0 Å². The van der Waals surface area contributed by atoms with E-state index in [9.17, 15) is 14.4 Å². The quantitative estimate of drug-likeness (QED) is 0.0261. The van der Waals surface area contributed by atoms with Gasteiger partial charge in [0.25, 0.3) is 0 Å². The van der Waals surface area contributed by atoms with E-state index in [2.05, 4.69) is 57.2 Å². The summed E-state index contributed by atoms with van der Waals surface area (Å²) in [5, 5.41) is 0. The monoisotopic (exact) mass is 1140 g/mol. The fourth-order valence-corrected chi connectivity index (χ4v) is 11.1. The van der Waals surface area contributed by atoms with Gasteiger partial charge in [-0.05, 0) is 77.0 Å². The molecule has 0 amide bonds. The van der Waals surface area contributed by atoms with Gasteiger partial charge in [0.05, 0.1) is 0 Å². The first-order valence-electron chi connectivity index (χ1n) is 36.5. The van der Waals surface area contributed by atoms with Gasteiger partial charge in [-0.25, -0.2) is 0 Å². The fourth-order valence-electron chi connectivity index (χ4n) is 11.1. The van der Waals surface area contributed by atoms with E-state index >= 15 is 0 Å². The highest BCUT2D eigenvalue weighted by atomic mass is 16.6. The van der Waals surface area contributed by atoms with Crippen molar-refractivity contribution in [2.24, 2.45) is 0 Å². The van der Waals surface area contributed by atoms with Crippen molar-refractivity contribution in [1.29, 1.82) is 0 Å². The zero-order valence-electron chi connectivity index (χ0n) is 54.8. The molecular formula is C75H140O6. The second-order valence-electron chi connectivity index (χ2n) is 24.9. The summed E-state index contributed by atoms with van der Waals surface area (Å²) in [7, 11) is 0. The number of hydrogen-bond donors (Lipinski definition) is 0. The van der Waals surface area contributed by atoms with E-state index in [-0.39, 0.29) is 31.1 Å². The summed E-state index contributed by atoms with van der Waals surface area (Å²) in [6, 6.07) is 0. The molecule has 0 fully saturated rings. The Morgan fingerprint density at radius 3 is 0.704 bits per heavy atom. The first-order chi connectivity index (χ1) is 40.0. The Morgan fingerprint density at radius 1 is 0.247 bits per heavy atom. The summed E-state index contributed by atoms with van der Waals surface area (Å²) in [5.41, 5.74) is 0. The molecule has 0 saturated heterocycles. The van der Waals surface area contributed by atoms with E-state index in [1.807, 2.05) is 0 Å². The first-order valence-corrected chi connectivity index (χ1v) is 36.5. The summed E-state index contributed by atoms with van der Waals surface area (Å²) in [5.74, 6) is -0.875. The molecule has 0 spiro atoms. The lowest BCUT2D eigenvalue weighted by Gasteiger charge is -2.18. The van der Waals surface area contributed by atoms with Crippen LogP contribution in [0.25, 0.3) is 0 Å². The number of hydrogen-bond acceptors (Lipinski definition) is 6. The Bertz CT molecular complexity index is 1350. The van der Waals surface area contributed by atoms with Crippen LogP contribution < -0.4 is 0 Å². The Hall–Kier alpha value is -2.37. The van der Waals surface area contributed by atoms with Gasteiger partial charge >= 0.3 is 17.9 Å². The number of esters is 3. The maximum Gasteiger partial charge on any atom is 0.306 e. The van der Waals surface area contributed by atoms with Crippen molar-refractivity contribution in [2.75, 3.05) is 13.2 Å². The zero-order chi connectivity index (χ0) is 58.5. The molecule has 0 aliphatic carbocycles. The first kappa shape index (κ1) is 78.6. The van der Waals surface area contributed by atoms with Crippen LogP contribution in [0, 0.1) is 0 Å². The third-order valence-corrected chi connectivity index (χ3v) is 16.6. The zero-order valence-corrected chi connectivity index (χ0v) is 54.8. The molecule has 0 aromatic heterocycles. The lowest BCUT2D eigenvalue weighted by molar-refractivity contribution is -0.167. The summed E-state index contributed by atoms with van der Waals surface area (Å²) in [4.78, 5) is 38.3. The minimum Gasteiger partial charge on any atom is -0.462 e. The second kappa shape index (κ2) is 70.1. The van der Waals surface area contributed by atoms with E-state index < -0.39 is 6.10 Å². The lowest BCUT2D eigenvalue weighted by atomic mass is 10.0. The van der Waals surface area contributed by atoms with E-state index in [1.54, 1.807) is 0 Å². The molecule has 81 heavy (non-hydrogen) atoms. The van der Waals surface area contributed by atoms with Gasteiger partial charge in [0.1, 0.15) is 13.2 Å². The van der Waals surface area contributed by atoms with Crippen LogP contribution in [0.3, 0.4) is 0 Å². The van der Waals surface area contributed by atoms with Crippen LogP contribution in [0.15, 0.2) is 36.5 Å². The van der Waals surface area contributed by atoms with Gasteiger partial charge in [0, 0.05) is 19.3 Å². The SMILES string of the molecule is CCCCCC/C=C\C/C=C\CCCCCCCC(=O)OC(COC(=O)CCCCCCC/C=C\CCCCCC)COC(=O)CCCCCCCCCCCCCCCCCCCCCCCCCCCCCCCCCCCC. The minimum absolute atomic E-state index is 0.0764. The van der Waals surface area contributed by atoms with Crippen molar-refractivity contribution in [1.82, 2.24) is 0 Å². The Labute approximate surface area is 506 Å². The molecule has 0 radical (unpaired) electrons. The topological polar surface area (TPSA) is 78.9 Å². The highest BCUT2D eigenvalue weighted by Crippen LogP contribution is 2.19. The predicted molar refractivity (Wildman–Crippen MR) is 353 cm³/mol. The molecule has 0 bridgehead atoms. The van der Waals surface area contributed by atoms with Gasteiger partial charge in [-0.1, -0.05) is 346 Å². The maximum atomic E-state index is 12.9. The van der Waals surface area contributed by atoms with E-state index in [0.717, 1.165) is 89.9 Å². The summed E-state index contributed by atoms with van der Waals surface area (Å²) >= 11 is 0. The maximum absolute atomic E-state index is 12.9. The van der Waals surface area contributed by atoms with Crippen LogP contribution in [0.4, 0.5) is 0 Å². The molecular weight excluding hydrogens is 997 g/mol. The van der Waals surface area contributed by atoms with Crippen LogP contribution >= 0.6 is 0 Å². The van der Waals surface area contributed by atoms with Crippen LogP contribution in [0.1, 0.15) is 406 Å². The Morgan fingerprint density at radius 2 is 0.444 bits per heavy atom. The molecule has 0 N–H and O–H groups in total. The highest BCUT2D eigenvalue weighted by Gasteiger charge is 2.19. The summed E-state index contributed by atoms with van der Waals surface area (Å²) < 4.78 is 16.9. The Balaban J connectivity index is 4.07. The van der Waals surface area contributed by atoms with E-state index in [0.29, 0.717) is 19.3 Å². The van der Waals surface area contributed by atoms with Crippen LogP contribution in [-0.2, 0) is 28.6 Å². The molecule has 0 heterocycles. The smallest absolute Gasteiger partial charge is 0.306 e. The molecule has 6 heteroatoms. The molecule has 0 aromatic carbocycles. The number of rotatable bonds is 68. The number of ether oxygens (including phenoxy) is 3. The average Bonchev–Trinajstić information content (AvgIpc) is 3.47. The Kier molecular flexibility index (Phi) is 68.1. The molecule has 1 atom stereocenters. The van der Waals surface area contributed by atoms with Crippen LogP contribution in [0.2, 0.25) is 0 Å². The third kappa shape index (κ3) is 68.3. The summed E-state index contributed by atoms with van der Waals surface area (Å²) in [6.07, 6.45) is 87.8. The predicted octanol–water partition coefficient (Wildman–Crippen LogP) is 25.1. The van der Waals surface area contributed by atoms with Gasteiger partial charge in [-0.2, -0.15) is 0 Å². The van der Waals surface area contributed by atoms with Crippen molar-refractivity contribution < 1.29 is 28.6 Å². The molecule has 6 nitrogen and oxygen atoms in total. The fraction of sp³-hybridized carbons (Fsp3) is 0.880. The van der Waals surface area contributed by atoms with Gasteiger partial charge in [0.2, 0.25) is 0 Å². The molecule has 476 valence electrons. The van der Waals surface area contributed by atoms with Gasteiger partial charge in [-0.3, -0.25) is 14.4 Å². The van der Waals surface area contributed by atoms with Gasteiger partial charge in [0.15, 0.2) is 6.10 Å². The van der Waals surface area contributed by atoms with Crippen LogP contribution in [0.5, 0.6) is 0 Å². The van der Waals surface area contributed by atoms with Crippen molar-refractivity contribution in [2.45, 2.75) is 412 Å². The number of allylic oxidation sites excluding steroid dienone is 6. The molecule has 0 rings (SSSR count). The van der Waals surface area contributed by atoms with Crippen molar-refractivity contribution in [3.8, 4) is 0 Å². The summed E-state index contributed by atoms with van der Waals surface area (Å²) in [6.45, 7) is 6.66. The number of carbonyl (C=O) groups excluding carboxylic acids is 3. The number of carbonyl (C=O) groups is 3.